The molecule has 0 saturated carbocycles. The Morgan fingerprint density at radius 3 is 1.86 bits per heavy atom. The van der Waals surface area contributed by atoms with Gasteiger partial charge in [0, 0.05) is 5.03 Å². The van der Waals surface area contributed by atoms with Gasteiger partial charge in [-0.15, -0.1) is 0 Å². The summed E-state index contributed by atoms with van der Waals surface area (Å²) < 4.78 is 0. The van der Waals surface area contributed by atoms with E-state index in [0.29, 0.717) is 0 Å². The highest BCUT2D eigenvalue weighted by atomic mass is 35.5. The van der Waals surface area contributed by atoms with E-state index in [4.69, 9.17) is 11.6 Å². The van der Waals surface area contributed by atoms with Crippen LogP contribution in [0.4, 0.5) is 0 Å². The molecule has 0 unspecified atom stereocenters. The first-order valence-corrected chi connectivity index (χ1v) is 2.88. The van der Waals surface area contributed by atoms with Crippen LogP contribution in [0.25, 0.3) is 0 Å². The molecular formula is C6H11Cl. The Morgan fingerprint density at radius 1 is 1.43 bits per heavy atom. The van der Waals surface area contributed by atoms with E-state index in [9.17, 15) is 0 Å². The van der Waals surface area contributed by atoms with E-state index in [1.807, 2.05) is 13.8 Å². The minimum Gasteiger partial charge on any atom is -0.0892 e. The quantitative estimate of drug-likeness (QED) is 0.497. The predicted octanol–water partition coefficient (Wildman–Crippen LogP) is 2.93. The van der Waals surface area contributed by atoms with E-state index in [0.717, 1.165) is 11.5 Å². The van der Waals surface area contributed by atoms with E-state index < -0.39 is 0 Å². The van der Waals surface area contributed by atoms with Crippen molar-refractivity contribution in [1.82, 2.24) is 0 Å². The van der Waals surface area contributed by atoms with Crippen LogP contribution < -0.4 is 0 Å². The molecular weight excluding hydrogens is 108 g/mol. The van der Waals surface area contributed by atoms with E-state index in [2.05, 4.69) is 6.92 Å². The van der Waals surface area contributed by atoms with Crippen LogP contribution in [0.15, 0.2) is 10.6 Å². The first-order valence-electron chi connectivity index (χ1n) is 2.50. The Labute approximate surface area is 50.2 Å². The maximum Gasteiger partial charge on any atom is 0.0164 e. The van der Waals surface area contributed by atoms with E-state index >= 15 is 0 Å². The van der Waals surface area contributed by atoms with Gasteiger partial charge in [0.15, 0.2) is 0 Å². The van der Waals surface area contributed by atoms with Crippen molar-refractivity contribution in [3.05, 3.63) is 10.6 Å². The number of hydrogen-bond donors (Lipinski definition) is 0. The Hall–Kier alpha value is 0.0300. The highest BCUT2D eigenvalue weighted by molar-refractivity contribution is 6.29. The van der Waals surface area contributed by atoms with Crippen LogP contribution in [0.5, 0.6) is 0 Å². The van der Waals surface area contributed by atoms with Crippen LogP contribution in [0.2, 0.25) is 0 Å². The van der Waals surface area contributed by atoms with Gasteiger partial charge in [0.25, 0.3) is 0 Å². The van der Waals surface area contributed by atoms with E-state index in [1.54, 1.807) is 0 Å². The van der Waals surface area contributed by atoms with Crippen LogP contribution in [0.3, 0.4) is 0 Å². The second kappa shape index (κ2) is 3.09. The van der Waals surface area contributed by atoms with Gasteiger partial charge < -0.3 is 0 Å². The van der Waals surface area contributed by atoms with Crippen LogP contribution in [0.1, 0.15) is 27.2 Å². The molecule has 0 saturated heterocycles. The second-order valence-corrected chi connectivity index (χ2v) is 2.21. The smallest absolute Gasteiger partial charge is 0.0164 e. The average molecular weight is 119 g/mol. The first kappa shape index (κ1) is 7.03. The highest BCUT2D eigenvalue weighted by Gasteiger charge is 1.86. The fourth-order valence-electron chi connectivity index (χ4n) is 0.354. The molecule has 42 valence electrons. The SMILES string of the molecule is CCC(Cl)=C(C)C. The van der Waals surface area contributed by atoms with Gasteiger partial charge in [-0.1, -0.05) is 24.1 Å². The van der Waals surface area contributed by atoms with Gasteiger partial charge in [0.05, 0.1) is 0 Å². The molecule has 0 fully saturated rings. The predicted molar refractivity (Wildman–Crippen MR) is 34.5 cm³/mol. The zero-order valence-electron chi connectivity index (χ0n) is 5.09. The lowest BCUT2D eigenvalue weighted by Gasteiger charge is -1.91. The summed E-state index contributed by atoms with van der Waals surface area (Å²) in [6.45, 7) is 6.09. The summed E-state index contributed by atoms with van der Waals surface area (Å²) in [7, 11) is 0. The second-order valence-electron chi connectivity index (χ2n) is 1.76. The summed E-state index contributed by atoms with van der Waals surface area (Å²) in [5.74, 6) is 0. The lowest BCUT2D eigenvalue weighted by Crippen LogP contribution is -1.69. The van der Waals surface area contributed by atoms with Crippen molar-refractivity contribution in [2.75, 3.05) is 0 Å². The van der Waals surface area contributed by atoms with E-state index in [1.165, 1.54) is 5.57 Å². The number of halogens is 1. The lowest BCUT2D eigenvalue weighted by molar-refractivity contribution is 1.14. The highest BCUT2D eigenvalue weighted by Crippen LogP contribution is 2.10. The molecule has 0 aliphatic rings. The molecule has 0 amide bonds. The normalized spacial score (nSPS) is 8.57. The molecule has 0 nitrogen and oxygen atoms in total. The zero-order valence-corrected chi connectivity index (χ0v) is 5.84. The van der Waals surface area contributed by atoms with Crippen LogP contribution >= 0.6 is 11.6 Å². The molecule has 0 rings (SSSR count). The minimum atomic E-state index is 0.962. The molecule has 0 N–H and O–H groups in total. The van der Waals surface area contributed by atoms with Gasteiger partial charge in [-0.2, -0.15) is 0 Å². The summed E-state index contributed by atoms with van der Waals surface area (Å²) in [6.07, 6.45) is 0.962. The van der Waals surface area contributed by atoms with Crippen molar-refractivity contribution in [2.45, 2.75) is 27.2 Å². The molecule has 0 aromatic rings. The third-order valence-corrected chi connectivity index (χ3v) is 1.50. The number of allylic oxidation sites excluding steroid dienone is 2. The summed E-state index contributed by atoms with van der Waals surface area (Å²) in [5.41, 5.74) is 1.23. The molecule has 0 aromatic carbocycles. The molecule has 0 radical (unpaired) electrons. The summed E-state index contributed by atoms with van der Waals surface area (Å²) in [5, 5.41) is 0.986. The van der Waals surface area contributed by atoms with Crippen LogP contribution in [-0.4, -0.2) is 0 Å². The fourth-order valence-corrected chi connectivity index (χ4v) is 0.354. The first-order chi connectivity index (χ1) is 3.18. The molecule has 0 heterocycles. The van der Waals surface area contributed by atoms with Crippen molar-refractivity contribution in [2.24, 2.45) is 0 Å². The van der Waals surface area contributed by atoms with Crippen molar-refractivity contribution < 1.29 is 0 Å². The van der Waals surface area contributed by atoms with Crippen LogP contribution in [-0.2, 0) is 0 Å². The fraction of sp³-hybridized carbons (Fsp3) is 0.667. The van der Waals surface area contributed by atoms with Gasteiger partial charge in [-0.05, 0) is 20.3 Å². The average Bonchev–Trinajstić information content (AvgIpc) is 1.65. The molecule has 0 spiro atoms. The van der Waals surface area contributed by atoms with Gasteiger partial charge >= 0.3 is 0 Å². The van der Waals surface area contributed by atoms with E-state index in [-0.39, 0.29) is 0 Å². The summed E-state index contributed by atoms with van der Waals surface area (Å²) >= 11 is 5.68. The molecule has 7 heavy (non-hydrogen) atoms. The number of rotatable bonds is 1. The van der Waals surface area contributed by atoms with Gasteiger partial charge in [-0.3, -0.25) is 0 Å². The maximum absolute atomic E-state index is 5.68. The third kappa shape index (κ3) is 2.69. The number of hydrogen-bond acceptors (Lipinski definition) is 0. The summed E-state index contributed by atoms with van der Waals surface area (Å²) in [4.78, 5) is 0. The third-order valence-electron chi connectivity index (χ3n) is 0.853. The Morgan fingerprint density at radius 2 is 1.86 bits per heavy atom. The maximum atomic E-state index is 5.68. The van der Waals surface area contributed by atoms with Crippen molar-refractivity contribution in [3.8, 4) is 0 Å². The Kier molecular flexibility index (Phi) is 3.10. The van der Waals surface area contributed by atoms with Gasteiger partial charge in [0.1, 0.15) is 0 Å². The van der Waals surface area contributed by atoms with Gasteiger partial charge in [-0.25, -0.2) is 0 Å². The Balaban J connectivity index is 3.72. The molecule has 0 aliphatic carbocycles. The van der Waals surface area contributed by atoms with Gasteiger partial charge in [0.2, 0.25) is 0 Å². The zero-order chi connectivity index (χ0) is 5.86. The van der Waals surface area contributed by atoms with Crippen molar-refractivity contribution in [3.63, 3.8) is 0 Å². The molecule has 1 heteroatoms. The standard InChI is InChI=1S/C6H11Cl/c1-4-6(7)5(2)3/h4H2,1-3H3. The minimum absolute atomic E-state index is 0.962. The molecule has 0 aliphatic heterocycles. The Bertz CT molecular complexity index is 78.2. The van der Waals surface area contributed by atoms with Crippen molar-refractivity contribution in [1.29, 1.82) is 0 Å². The van der Waals surface area contributed by atoms with Crippen LogP contribution in [0, 0.1) is 0 Å². The molecule has 0 aromatic heterocycles. The largest absolute Gasteiger partial charge is 0.0892 e. The van der Waals surface area contributed by atoms with Crippen molar-refractivity contribution >= 4 is 11.6 Å². The summed E-state index contributed by atoms with van der Waals surface area (Å²) in [6, 6.07) is 0. The molecule has 0 atom stereocenters. The monoisotopic (exact) mass is 118 g/mol. The lowest BCUT2D eigenvalue weighted by atomic mass is 10.3. The molecule has 0 bridgehead atoms. The topological polar surface area (TPSA) is 0 Å².